The zero-order chi connectivity index (χ0) is 21.4. The van der Waals surface area contributed by atoms with E-state index in [1.165, 1.54) is 11.0 Å². The van der Waals surface area contributed by atoms with E-state index in [0.717, 1.165) is 65.3 Å². The van der Waals surface area contributed by atoms with Gasteiger partial charge in [-0.25, -0.2) is 4.79 Å². The Bertz CT molecular complexity index is 985. The molecule has 8 heteroatoms. The third-order valence-corrected chi connectivity index (χ3v) is 7.49. The quantitative estimate of drug-likeness (QED) is 0.730. The molecule has 4 heterocycles. The fourth-order valence-electron chi connectivity index (χ4n) is 5.66. The molecular formula is C23H32N4O4. The summed E-state index contributed by atoms with van der Waals surface area (Å²) in [5, 5.41) is 0. The van der Waals surface area contributed by atoms with Crippen molar-refractivity contribution in [2.45, 2.75) is 31.8 Å². The number of fused-ring (bicyclic) bond motifs is 1. The highest BCUT2D eigenvalue weighted by Crippen LogP contribution is 2.43. The lowest BCUT2D eigenvalue weighted by atomic mass is 9.76. The molecule has 0 saturated carbocycles. The second-order valence-electron chi connectivity index (χ2n) is 9.49. The zero-order valence-corrected chi connectivity index (χ0v) is 18.3. The highest BCUT2D eigenvalue weighted by Gasteiger charge is 2.45. The van der Waals surface area contributed by atoms with Crippen LogP contribution in [-0.2, 0) is 16.1 Å². The van der Waals surface area contributed by atoms with Crippen molar-refractivity contribution in [2.75, 3.05) is 59.5 Å². The summed E-state index contributed by atoms with van der Waals surface area (Å²) < 4.78 is 12.2. The molecule has 1 unspecified atom stereocenters. The van der Waals surface area contributed by atoms with Crippen LogP contribution in [0.3, 0.4) is 0 Å². The van der Waals surface area contributed by atoms with Gasteiger partial charge in [-0.1, -0.05) is 12.1 Å². The first-order valence-electron chi connectivity index (χ1n) is 11.4. The normalized spacial score (nSPS) is 24.9. The monoisotopic (exact) mass is 428 g/mol. The molecule has 3 aliphatic rings. The minimum absolute atomic E-state index is 0.000258. The Kier molecular flexibility index (Phi) is 5.62. The molecule has 1 aromatic carbocycles. The maximum absolute atomic E-state index is 13.0. The summed E-state index contributed by atoms with van der Waals surface area (Å²) in [7, 11) is 2.24. The summed E-state index contributed by atoms with van der Waals surface area (Å²) >= 11 is 0. The SMILES string of the molecule is CN1CC2(CCN(C(=O)Cn3c(=O)oc4ccccc43)CC2)CC1CN1CCOCC1. The molecule has 1 atom stereocenters. The molecule has 3 saturated heterocycles. The number of piperidine rings is 1. The molecule has 0 aliphatic carbocycles. The van der Waals surface area contributed by atoms with E-state index >= 15 is 0 Å². The van der Waals surface area contributed by atoms with Crippen LogP contribution in [0.2, 0.25) is 0 Å². The highest BCUT2D eigenvalue weighted by molar-refractivity contribution is 5.79. The third kappa shape index (κ3) is 4.16. The van der Waals surface area contributed by atoms with Crippen LogP contribution in [0.1, 0.15) is 19.3 Å². The van der Waals surface area contributed by atoms with Gasteiger partial charge >= 0.3 is 5.76 Å². The van der Waals surface area contributed by atoms with Crippen molar-refractivity contribution in [1.29, 1.82) is 0 Å². The number of nitrogens with zero attached hydrogens (tertiary/aromatic N) is 4. The molecular weight excluding hydrogens is 396 g/mol. The Morgan fingerprint density at radius 3 is 2.65 bits per heavy atom. The molecule has 168 valence electrons. The Hall–Kier alpha value is -2.16. The van der Waals surface area contributed by atoms with Crippen molar-refractivity contribution in [1.82, 2.24) is 19.3 Å². The van der Waals surface area contributed by atoms with Crippen molar-refractivity contribution < 1.29 is 13.9 Å². The smallest absolute Gasteiger partial charge is 0.408 e. The molecule has 0 N–H and O–H groups in total. The van der Waals surface area contributed by atoms with E-state index in [1.807, 2.05) is 23.1 Å². The first-order chi connectivity index (χ1) is 15.0. The van der Waals surface area contributed by atoms with Gasteiger partial charge in [0, 0.05) is 45.3 Å². The van der Waals surface area contributed by atoms with Gasteiger partial charge < -0.3 is 19.0 Å². The van der Waals surface area contributed by atoms with Gasteiger partial charge in [-0.3, -0.25) is 14.3 Å². The highest BCUT2D eigenvalue weighted by atomic mass is 16.5. The summed E-state index contributed by atoms with van der Waals surface area (Å²) in [5.74, 6) is -0.467. The van der Waals surface area contributed by atoms with E-state index in [2.05, 4.69) is 16.8 Å². The third-order valence-electron chi connectivity index (χ3n) is 7.49. The molecule has 1 aromatic heterocycles. The maximum atomic E-state index is 13.0. The van der Waals surface area contributed by atoms with E-state index in [1.54, 1.807) is 6.07 Å². The molecule has 1 spiro atoms. The Morgan fingerprint density at radius 1 is 1.13 bits per heavy atom. The number of rotatable bonds is 4. The van der Waals surface area contributed by atoms with Crippen molar-refractivity contribution in [3.05, 3.63) is 34.8 Å². The first kappa shape index (κ1) is 20.7. The summed E-state index contributed by atoms with van der Waals surface area (Å²) in [6, 6.07) is 7.84. The van der Waals surface area contributed by atoms with Gasteiger partial charge in [-0.15, -0.1) is 0 Å². The molecule has 31 heavy (non-hydrogen) atoms. The van der Waals surface area contributed by atoms with Gasteiger partial charge in [0.2, 0.25) is 5.91 Å². The molecule has 1 amide bonds. The summed E-state index contributed by atoms with van der Waals surface area (Å²) in [6.45, 7) is 7.53. The maximum Gasteiger partial charge on any atom is 0.420 e. The summed E-state index contributed by atoms with van der Waals surface area (Å²) in [5.41, 5.74) is 1.51. The lowest BCUT2D eigenvalue weighted by Gasteiger charge is -2.39. The van der Waals surface area contributed by atoms with Gasteiger partial charge in [0.1, 0.15) is 6.54 Å². The standard InChI is InChI=1S/C23H32N4O4/c1-24-17-23(14-18(24)15-25-10-12-30-13-11-25)6-8-26(9-7-23)21(28)16-27-19-4-2-3-5-20(19)31-22(27)29/h2-5,18H,6-17H2,1H3. The van der Waals surface area contributed by atoms with Crippen molar-refractivity contribution in [3.63, 3.8) is 0 Å². The van der Waals surface area contributed by atoms with Crippen LogP contribution in [0, 0.1) is 5.41 Å². The van der Waals surface area contributed by atoms with Crippen LogP contribution in [0.5, 0.6) is 0 Å². The van der Waals surface area contributed by atoms with Gasteiger partial charge in [-0.2, -0.15) is 0 Å². The molecule has 8 nitrogen and oxygen atoms in total. The lowest BCUT2D eigenvalue weighted by Crippen LogP contribution is -2.45. The Morgan fingerprint density at radius 2 is 1.87 bits per heavy atom. The predicted molar refractivity (Wildman–Crippen MR) is 117 cm³/mol. The van der Waals surface area contributed by atoms with Crippen LogP contribution in [0.4, 0.5) is 0 Å². The summed E-state index contributed by atoms with van der Waals surface area (Å²) in [4.78, 5) is 32.1. The minimum Gasteiger partial charge on any atom is -0.408 e. The number of oxazole rings is 1. The Balaban J connectivity index is 1.18. The number of amides is 1. The fourth-order valence-corrected chi connectivity index (χ4v) is 5.66. The predicted octanol–water partition coefficient (Wildman–Crippen LogP) is 1.24. The van der Waals surface area contributed by atoms with Crippen molar-refractivity contribution >= 4 is 17.0 Å². The number of hydrogen-bond acceptors (Lipinski definition) is 6. The van der Waals surface area contributed by atoms with Crippen LogP contribution < -0.4 is 5.76 Å². The van der Waals surface area contributed by atoms with E-state index < -0.39 is 5.76 Å². The largest absolute Gasteiger partial charge is 0.420 e. The average molecular weight is 429 g/mol. The van der Waals surface area contributed by atoms with Crippen LogP contribution >= 0.6 is 0 Å². The number of hydrogen-bond donors (Lipinski definition) is 0. The van der Waals surface area contributed by atoms with E-state index in [-0.39, 0.29) is 12.5 Å². The van der Waals surface area contributed by atoms with Gasteiger partial charge in [0.15, 0.2) is 5.58 Å². The molecule has 5 rings (SSSR count). The molecule has 0 radical (unpaired) electrons. The fraction of sp³-hybridized carbons (Fsp3) is 0.652. The van der Waals surface area contributed by atoms with Gasteiger partial charge in [0.05, 0.1) is 18.7 Å². The van der Waals surface area contributed by atoms with Crippen molar-refractivity contribution in [3.8, 4) is 0 Å². The number of carbonyl (C=O) groups excluding carboxylic acids is 1. The summed E-state index contributed by atoms with van der Waals surface area (Å²) in [6.07, 6.45) is 3.27. The molecule has 2 aromatic rings. The number of aromatic nitrogens is 1. The van der Waals surface area contributed by atoms with E-state index in [4.69, 9.17) is 9.15 Å². The van der Waals surface area contributed by atoms with Gasteiger partial charge in [0.25, 0.3) is 0 Å². The minimum atomic E-state index is -0.466. The van der Waals surface area contributed by atoms with E-state index in [9.17, 15) is 9.59 Å². The number of carbonyl (C=O) groups is 1. The second-order valence-corrected chi connectivity index (χ2v) is 9.49. The number of morpholine rings is 1. The molecule has 3 fully saturated rings. The topological polar surface area (TPSA) is 71.2 Å². The van der Waals surface area contributed by atoms with Crippen LogP contribution in [-0.4, -0.2) is 90.7 Å². The van der Waals surface area contributed by atoms with Crippen LogP contribution in [0.15, 0.2) is 33.5 Å². The molecule has 0 bridgehead atoms. The van der Waals surface area contributed by atoms with Crippen LogP contribution in [0.25, 0.3) is 11.1 Å². The zero-order valence-electron chi connectivity index (χ0n) is 18.3. The van der Waals surface area contributed by atoms with Gasteiger partial charge in [-0.05, 0) is 43.9 Å². The number of likely N-dealkylation sites (N-methyl/N-ethyl adjacent to an activating group) is 1. The number of benzene rings is 1. The average Bonchev–Trinajstić information content (AvgIpc) is 3.25. The number of ether oxygens (including phenoxy) is 1. The van der Waals surface area contributed by atoms with Crippen molar-refractivity contribution in [2.24, 2.45) is 5.41 Å². The number of likely N-dealkylation sites (tertiary alicyclic amines) is 2. The number of para-hydroxylation sites is 2. The lowest BCUT2D eigenvalue weighted by molar-refractivity contribution is -0.134. The second kappa shape index (κ2) is 8.41. The molecule has 3 aliphatic heterocycles. The Labute approximate surface area is 182 Å². The first-order valence-corrected chi connectivity index (χ1v) is 11.4. The van der Waals surface area contributed by atoms with E-state index in [0.29, 0.717) is 22.6 Å².